The van der Waals surface area contributed by atoms with Crippen molar-refractivity contribution in [2.45, 2.75) is 20.5 Å². The van der Waals surface area contributed by atoms with Crippen LogP contribution in [0.1, 0.15) is 29.8 Å². The first-order chi connectivity index (χ1) is 11.7. The maximum absolute atomic E-state index is 14.1. The van der Waals surface area contributed by atoms with Crippen LogP contribution < -0.4 is 4.74 Å². The summed E-state index contributed by atoms with van der Waals surface area (Å²) in [6.07, 6.45) is 0.649. The van der Waals surface area contributed by atoms with Crippen molar-refractivity contribution < 1.29 is 18.3 Å². The maximum atomic E-state index is 14.1. The summed E-state index contributed by atoms with van der Waals surface area (Å²) in [4.78, 5) is 11.0. The van der Waals surface area contributed by atoms with Crippen LogP contribution in [-0.2, 0) is 6.61 Å². The molecule has 0 amide bonds. The molecule has 2 nitrogen and oxygen atoms in total. The predicted molar refractivity (Wildman–Crippen MR) is 91.4 cm³/mol. The predicted octanol–water partition coefficient (Wildman–Crippen LogP) is 5.54. The summed E-state index contributed by atoms with van der Waals surface area (Å²) < 4.78 is 33.2. The molecule has 0 radical (unpaired) electrons. The second kappa shape index (κ2) is 8.20. The zero-order chi connectivity index (χ0) is 17.5. The van der Waals surface area contributed by atoms with E-state index in [9.17, 15) is 13.6 Å². The molecule has 4 heteroatoms. The third-order valence-electron chi connectivity index (χ3n) is 3.37. The van der Waals surface area contributed by atoms with Crippen molar-refractivity contribution in [3.63, 3.8) is 0 Å². The smallest absolute Gasteiger partial charge is 0.170 e. The maximum Gasteiger partial charge on any atom is 0.170 e. The van der Waals surface area contributed by atoms with Crippen LogP contribution in [0.2, 0.25) is 0 Å². The molecule has 3 aromatic carbocycles. The third-order valence-corrected chi connectivity index (χ3v) is 3.37. The van der Waals surface area contributed by atoms with E-state index in [2.05, 4.69) is 0 Å². The number of rotatable bonds is 4. The Kier molecular flexibility index (Phi) is 6.01. The molecular weight excluding hydrogens is 310 g/mol. The summed E-state index contributed by atoms with van der Waals surface area (Å²) in [7, 11) is 0. The summed E-state index contributed by atoms with van der Waals surface area (Å²) in [6, 6.07) is 14.7. The topological polar surface area (TPSA) is 26.3 Å². The molecule has 0 aliphatic heterocycles. The lowest BCUT2D eigenvalue weighted by molar-refractivity contribution is 0.112. The Labute approximate surface area is 139 Å². The van der Waals surface area contributed by atoms with Gasteiger partial charge in [-0.1, -0.05) is 50.2 Å². The Morgan fingerprint density at radius 3 is 2.38 bits per heavy atom. The first kappa shape index (κ1) is 17.6. The number of carbonyl (C=O) groups is 1. The first-order valence-corrected chi connectivity index (χ1v) is 7.72. The molecule has 24 heavy (non-hydrogen) atoms. The quantitative estimate of drug-likeness (QED) is 0.588. The number of halogens is 2. The average Bonchev–Trinajstić information content (AvgIpc) is 2.65. The Bertz CT molecular complexity index is 830. The van der Waals surface area contributed by atoms with E-state index in [-0.39, 0.29) is 17.7 Å². The van der Waals surface area contributed by atoms with Gasteiger partial charge in [-0.25, -0.2) is 8.78 Å². The van der Waals surface area contributed by atoms with Crippen LogP contribution in [0, 0.1) is 11.6 Å². The number of benzene rings is 3. The zero-order valence-corrected chi connectivity index (χ0v) is 13.6. The molecule has 0 heterocycles. The number of ether oxygens (including phenoxy) is 1. The molecular formula is C20H18F2O2. The van der Waals surface area contributed by atoms with Gasteiger partial charge in [0.15, 0.2) is 11.6 Å². The summed E-state index contributed by atoms with van der Waals surface area (Å²) >= 11 is 0. The van der Waals surface area contributed by atoms with Crippen LogP contribution in [-0.4, -0.2) is 6.29 Å². The van der Waals surface area contributed by atoms with Gasteiger partial charge in [-0.05, 0) is 29.1 Å². The molecule has 0 fully saturated rings. The van der Waals surface area contributed by atoms with Gasteiger partial charge >= 0.3 is 0 Å². The third kappa shape index (κ3) is 3.77. The van der Waals surface area contributed by atoms with E-state index >= 15 is 0 Å². The fourth-order valence-corrected chi connectivity index (χ4v) is 2.30. The molecule has 0 aliphatic rings. The highest BCUT2D eigenvalue weighted by atomic mass is 19.2. The van der Waals surface area contributed by atoms with E-state index in [4.69, 9.17) is 4.74 Å². The van der Waals surface area contributed by atoms with E-state index in [1.54, 1.807) is 0 Å². The highest BCUT2D eigenvalue weighted by molar-refractivity contribution is 5.94. The lowest BCUT2D eigenvalue weighted by Gasteiger charge is -2.11. The molecule has 0 saturated heterocycles. The van der Waals surface area contributed by atoms with Gasteiger partial charge in [0.2, 0.25) is 0 Å². The molecule has 0 bridgehead atoms. The van der Waals surface area contributed by atoms with Crippen LogP contribution >= 0.6 is 0 Å². The van der Waals surface area contributed by atoms with Gasteiger partial charge in [0.25, 0.3) is 0 Å². The molecule has 0 spiro atoms. The number of hydrogen-bond donors (Lipinski definition) is 0. The summed E-state index contributed by atoms with van der Waals surface area (Å²) in [6.45, 7) is 4.20. The summed E-state index contributed by atoms with van der Waals surface area (Å²) in [5.74, 6) is -1.77. The van der Waals surface area contributed by atoms with Gasteiger partial charge in [-0.15, -0.1) is 0 Å². The van der Waals surface area contributed by atoms with E-state index in [1.165, 1.54) is 18.2 Å². The lowest BCUT2D eigenvalue weighted by atomic mass is 10.1. The molecule has 0 saturated carbocycles. The Balaban J connectivity index is 0.00000100. The van der Waals surface area contributed by atoms with E-state index in [1.807, 2.05) is 44.2 Å². The van der Waals surface area contributed by atoms with Gasteiger partial charge < -0.3 is 4.74 Å². The number of hydrogen-bond acceptors (Lipinski definition) is 2. The zero-order valence-electron chi connectivity index (χ0n) is 13.6. The number of fused-ring (bicyclic) bond motifs is 1. The molecule has 0 atom stereocenters. The highest BCUT2D eigenvalue weighted by Gasteiger charge is 2.14. The average molecular weight is 328 g/mol. The van der Waals surface area contributed by atoms with E-state index < -0.39 is 11.6 Å². The van der Waals surface area contributed by atoms with Gasteiger partial charge in [0.1, 0.15) is 18.6 Å². The fraction of sp³-hybridized carbons (Fsp3) is 0.150. The number of aldehydes is 1. The molecule has 0 aromatic heterocycles. The Hall–Kier alpha value is -2.75. The van der Waals surface area contributed by atoms with Crippen molar-refractivity contribution >= 4 is 17.1 Å². The van der Waals surface area contributed by atoms with Crippen LogP contribution in [0.4, 0.5) is 8.78 Å². The second-order valence-corrected chi connectivity index (χ2v) is 4.87. The van der Waals surface area contributed by atoms with Crippen molar-refractivity contribution in [3.05, 3.63) is 77.4 Å². The van der Waals surface area contributed by atoms with Gasteiger partial charge in [-0.3, -0.25) is 4.79 Å². The van der Waals surface area contributed by atoms with Crippen molar-refractivity contribution in [3.8, 4) is 5.75 Å². The Morgan fingerprint density at radius 1 is 1.00 bits per heavy atom. The minimum atomic E-state index is -0.974. The van der Waals surface area contributed by atoms with E-state index in [0.29, 0.717) is 17.2 Å². The van der Waals surface area contributed by atoms with Crippen molar-refractivity contribution in [2.75, 3.05) is 0 Å². The summed E-state index contributed by atoms with van der Waals surface area (Å²) in [5.41, 5.74) is 1.24. The lowest BCUT2D eigenvalue weighted by Crippen LogP contribution is -1.99. The molecule has 0 N–H and O–H groups in total. The highest BCUT2D eigenvalue weighted by Crippen LogP contribution is 2.31. The van der Waals surface area contributed by atoms with Crippen LogP contribution in [0.3, 0.4) is 0 Å². The molecule has 3 aromatic rings. The van der Waals surface area contributed by atoms with E-state index in [0.717, 1.165) is 11.6 Å². The molecule has 124 valence electrons. The van der Waals surface area contributed by atoms with Crippen molar-refractivity contribution in [1.29, 1.82) is 0 Å². The van der Waals surface area contributed by atoms with Crippen LogP contribution in [0.25, 0.3) is 10.8 Å². The molecule has 0 unspecified atom stereocenters. The summed E-state index contributed by atoms with van der Waals surface area (Å²) in [5, 5.41) is 0.466. The van der Waals surface area contributed by atoms with Crippen LogP contribution in [0.15, 0.2) is 54.6 Å². The van der Waals surface area contributed by atoms with Gasteiger partial charge in [-0.2, -0.15) is 0 Å². The largest absolute Gasteiger partial charge is 0.488 e. The minimum absolute atomic E-state index is 0.0431. The SMILES string of the molecule is CC.O=Cc1cc(OCc2ccccc2)c2c(F)c(F)ccc2c1. The normalized spacial score (nSPS) is 10.0. The van der Waals surface area contributed by atoms with Gasteiger partial charge in [0, 0.05) is 5.56 Å². The van der Waals surface area contributed by atoms with Crippen LogP contribution in [0.5, 0.6) is 5.75 Å². The second-order valence-electron chi connectivity index (χ2n) is 4.87. The van der Waals surface area contributed by atoms with Gasteiger partial charge in [0.05, 0.1) is 5.39 Å². The van der Waals surface area contributed by atoms with Crippen molar-refractivity contribution in [2.24, 2.45) is 0 Å². The Morgan fingerprint density at radius 2 is 1.71 bits per heavy atom. The standard InChI is InChI=1S/C18H12F2O2.C2H6/c19-15-7-6-14-8-13(10-21)9-16(17(14)18(15)20)22-11-12-4-2-1-3-5-12;1-2/h1-10H,11H2;1-2H3. The molecule has 3 rings (SSSR count). The monoisotopic (exact) mass is 328 g/mol. The number of carbonyl (C=O) groups excluding carboxylic acids is 1. The fourth-order valence-electron chi connectivity index (χ4n) is 2.30. The van der Waals surface area contributed by atoms with Crippen molar-refractivity contribution in [1.82, 2.24) is 0 Å². The molecule has 0 aliphatic carbocycles. The minimum Gasteiger partial charge on any atom is -0.488 e. The first-order valence-electron chi connectivity index (χ1n) is 7.72.